The molecule has 2 rings (SSSR count). The van der Waals surface area contributed by atoms with Crippen molar-refractivity contribution in [3.8, 4) is 0 Å². The Balaban J connectivity index is 2.20. The van der Waals surface area contributed by atoms with E-state index in [9.17, 15) is 18.5 Å². The van der Waals surface area contributed by atoms with Crippen LogP contribution in [0.3, 0.4) is 0 Å². The second-order valence-electron chi connectivity index (χ2n) is 6.98. The zero-order valence-corrected chi connectivity index (χ0v) is 15.6. The number of aryl methyl sites for hydroxylation is 1. The van der Waals surface area contributed by atoms with Gasteiger partial charge in [0.1, 0.15) is 0 Å². The number of non-ortho nitro benzene ring substituents is 1. The molecule has 7 heteroatoms. The van der Waals surface area contributed by atoms with Crippen LogP contribution in [-0.4, -0.2) is 13.3 Å². The highest BCUT2D eigenvalue weighted by atomic mass is 32.2. The molecule has 6 nitrogen and oxygen atoms in total. The van der Waals surface area contributed by atoms with Crippen molar-refractivity contribution in [2.75, 3.05) is 0 Å². The van der Waals surface area contributed by atoms with Gasteiger partial charge in [-0.15, -0.1) is 0 Å². The number of hydrogen-bond acceptors (Lipinski definition) is 4. The summed E-state index contributed by atoms with van der Waals surface area (Å²) in [4.78, 5) is 10.2. The van der Waals surface area contributed by atoms with Crippen molar-refractivity contribution in [3.63, 3.8) is 0 Å². The summed E-state index contributed by atoms with van der Waals surface area (Å²) in [5.74, 6) is 0. The first-order valence-electron chi connectivity index (χ1n) is 7.85. The molecule has 0 aliphatic heterocycles. The number of hydrogen-bond donors (Lipinski definition) is 1. The lowest BCUT2D eigenvalue weighted by atomic mass is 9.87. The van der Waals surface area contributed by atoms with E-state index in [1.54, 1.807) is 6.92 Å². The second kappa shape index (κ2) is 6.93. The molecule has 0 unspecified atom stereocenters. The maximum atomic E-state index is 12.5. The molecule has 0 spiro atoms. The first kappa shape index (κ1) is 19.1. The first-order valence-corrected chi connectivity index (χ1v) is 9.33. The third-order valence-electron chi connectivity index (χ3n) is 3.96. The van der Waals surface area contributed by atoms with Crippen molar-refractivity contribution in [3.05, 3.63) is 69.3 Å². The van der Waals surface area contributed by atoms with Gasteiger partial charge in [-0.2, -0.15) is 0 Å². The van der Waals surface area contributed by atoms with Crippen LogP contribution in [0.15, 0.2) is 47.4 Å². The van der Waals surface area contributed by atoms with Gasteiger partial charge in [0, 0.05) is 18.7 Å². The van der Waals surface area contributed by atoms with Crippen molar-refractivity contribution in [2.45, 2.75) is 44.6 Å². The molecule has 2 aromatic carbocycles. The van der Waals surface area contributed by atoms with Crippen LogP contribution in [0.2, 0.25) is 0 Å². The van der Waals surface area contributed by atoms with Gasteiger partial charge in [-0.1, -0.05) is 51.1 Å². The van der Waals surface area contributed by atoms with E-state index in [0.29, 0.717) is 5.56 Å². The van der Waals surface area contributed by atoms with Crippen LogP contribution in [0.1, 0.15) is 37.5 Å². The molecule has 0 saturated carbocycles. The molecule has 0 aliphatic rings. The van der Waals surface area contributed by atoms with E-state index < -0.39 is 14.9 Å². The molecule has 0 fully saturated rings. The van der Waals surface area contributed by atoms with Crippen molar-refractivity contribution < 1.29 is 13.3 Å². The lowest BCUT2D eigenvalue weighted by molar-refractivity contribution is -0.385. The van der Waals surface area contributed by atoms with E-state index in [-0.39, 0.29) is 22.5 Å². The molecule has 0 atom stereocenters. The highest BCUT2D eigenvalue weighted by Gasteiger charge is 2.20. The van der Waals surface area contributed by atoms with Gasteiger partial charge < -0.3 is 0 Å². The van der Waals surface area contributed by atoms with Crippen LogP contribution < -0.4 is 4.72 Å². The average molecular weight is 362 g/mol. The van der Waals surface area contributed by atoms with Crippen molar-refractivity contribution in [2.24, 2.45) is 0 Å². The van der Waals surface area contributed by atoms with Crippen LogP contribution in [-0.2, 0) is 22.0 Å². The Morgan fingerprint density at radius 2 is 1.68 bits per heavy atom. The number of sulfonamides is 1. The lowest BCUT2D eigenvalue weighted by Gasteiger charge is -2.19. The summed E-state index contributed by atoms with van der Waals surface area (Å²) in [6.07, 6.45) is 0. The minimum absolute atomic E-state index is 0.0259. The molecule has 0 bridgehead atoms. The van der Waals surface area contributed by atoms with Crippen LogP contribution in [0, 0.1) is 17.0 Å². The average Bonchev–Trinajstić information content (AvgIpc) is 2.52. The second-order valence-corrected chi connectivity index (χ2v) is 8.71. The van der Waals surface area contributed by atoms with Crippen molar-refractivity contribution in [1.29, 1.82) is 0 Å². The topological polar surface area (TPSA) is 89.3 Å². The Morgan fingerprint density at radius 3 is 2.20 bits per heavy atom. The molecule has 0 aliphatic carbocycles. The summed E-state index contributed by atoms with van der Waals surface area (Å²) >= 11 is 0. The maximum absolute atomic E-state index is 12.5. The highest BCUT2D eigenvalue weighted by molar-refractivity contribution is 7.89. The predicted molar refractivity (Wildman–Crippen MR) is 97.0 cm³/mol. The zero-order valence-electron chi connectivity index (χ0n) is 14.7. The summed E-state index contributed by atoms with van der Waals surface area (Å²) in [6.45, 7) is 8.05. The molecular formula is C18H22N2O4S. The number of nitrogens with one attached hydrogen (secondary N) is 1. The molecule has 25 heavy (non-hydrogen) atoms. The normalized spacial score (nSPS) is 12.2. The third kappa shape index (κ3) is 4.64. The van der Waals surface area contributed by atoms with Crippen molar-refractivity contribution in [1.82, 2.24) is 4.72 Å². The van der Waals surface area contributed by atoms with Crippen LogP contribution in [0.5, 0.6) is 0 Å². The fourth-order valence-electron chi connectivity index (χ4n) is 2.37. The fourth-order valence-corrected chi connectivity index (χ4v) is 3.65. The summed E-state index contributed by atoms with van der Waals surface area (Å²) in [7, 11) is -3.84. The molecule has 0 radical (unpaired) electrons. The standard InChI is InChI=1S/C18H22N2O4S/c1-13-5-10-16(20(21)22)11-17(13)25(23,24)19-12-14-6-8-15(9-7-14)18(2,3)4/h5-11,19H,12H2,1-4H3. The largest absolute Gasteiger partial charge is 0.270 e. The summed E-state index contributed by atoms with van der Waals surface area (Å²) in [6, 6.07) is 11.5. The molecule has 0 amide bonds. The number of nitrogens with zero attached hydrogens (tertiary/aromatic N) is 1. The Bertz CT molecular complexity index is 882. The summed E-state index contributed by atoms with van der Waals surface area (Å²) < 4.78 is 27.5. The quantitative estimate of drug-likeness (QED) is 0.649. The van der Waals surface area contributed by atoms with Gasteiger partial charge in [0.2, 0.25) is 10.0 Å². The van der Waals surface area contributed by atoms with E-state index in [4.69, 9.17) is 0 Å². The first-order chi connectivity index (χ1) is 11.5. The van der Waals surface area contributed by atoms with E-state index in [1.165, 1.54) is 12.1 Å². The zero-order chi connectivity index (χ0) is 18.8. The molecule has 0 saturated heterocycles. The van der Waals surface area contributed by atoms with E-state index in [0.717, 1.165) is 17.2 Å². The van der Waals surface area contributed by atoms with Gasteiger partial charge in [0.25, 0.3) is 5.69 Å². The molecule has 0 aromatic heterocycles. The monoisotopic (exact) mass is 362 g/mol. The number of nitro benzene ring substituents is 1. The molecule has 134 valence electrons. The predicted octanol–water partition coefficient (Wildman–Crippen LogP) is 3.68. The molecule has 2 aromatic rings. The minimum atomic E-state index is -3.84. The van der Waals surface area contributed by atoms with Gasteiger partial charge in [0.05, 0.1) is 9.82 Å². The van der Waals surface area contributed by atoms with E-state index in [2.05, 4.69) is 25.5 Å². The Kier molecular flexibility index (Phi) is 5.29. The van der Waals surface area contributed by atoms with Gasteiger partial charge in [-0.05, 0) is 29.0 Å². The third-order valence-corrected chi connectivity index (χ3v) is 5.50. The molecule has 0 heterocycles. The van der Waals surface area contributed by atoms with Crippen LogP contribution in [0.4, 0.5) is 5.69 Å². The summed E-state index contributed by atoms with van der Waals surface area (Å²) in [5.41, 5.74) is 2.22. The van der Waals surface area contributed by atoms with E-state index >= 15 is 0 Å². The Hall–Kier alpha value is -2.25. The van der Waals surface area contributed by atoms with Gasteiger partial charge in [-0.3, -0.25) is 10.1 Å². The number of benzene rings is 2. The molecule has 1 N–H and O–H groups in total. The van der Waals surface area contributed by atoms with Gasteiger partial charge in [-0.25, -0.2) is 13.1 Å². The fraction of sp³-hybridized carbons (Fsp3) is 0.333. The van der Waals surface area contributed by atoms with Crippen LogP contribution >= 0.6 is 0 Å². The van der Waals surface area contributed by atoms with Gasteiger partial charge in [0.15, 0.2) is 0 Å². The number of nitro groups is 1. The smallest absolute Gasteiger partial charge is 0.258 e. The van der Waals surface area contributed by atoms with Crippen LogP contribution in [0.25, 0.3) is 0 Å². The Morgan fingerprint density at radius 1 is 1.08 bits per heavy atom. The number of rotatable bonds is 5. The molecular weight excluding hydrogens is 340 g/mol. The summed E-state index contributed by atoms with van der Waals surface area (Å²) in [5, 5.41) is 10.9. The highest BCUT2D eigenvalue weighted by Crippen LogP contribution is 2.23. The Labute approximate surface area is 148 Å². The SMILES string of the molecule is Cc1ccc([N+](=O)[O-])cc1S(=O)(=O)NCc1ccc(C(C)(C)C)cc1. The van der Waals surface area contributed by atoms with Gasteiger partial charge >= 0.3 is 0 Å². The lowest BCUT2D eigenvalue weighted by Crippen LogP contribution is -2.24. The maximum Gasteiger partial charge on any atom is 0.270 e. The van der Waals surface area contributed by atoms with E-state index in [1.807, 2.05) is 24.3 Å². The van der Waals surface area contributed by atoms with Crippen molar-refractivity contribution >= 4 is 15.7 Å². The minimum Gasteiger partial charge on any atom is -0.258 e.